The van der Waals surface area contributed by atoms with Crippen molar-refractivity contribution in [3.63, 3.8) is 0 Å². The Morgan fingerprint density at radius 2 is 2.27 bits per heavy atom. The molecule has 0 aliphatic carbocycles. The first-order chi connectivity index (χ1) is 7.13. The number of nitrogens with two attached hydrogens (primary N) is 1. The lowest BCUT2D eigenvalue weighted by molar-refractivity contribution is -0.118. The summed E-state index contributed by atoms with van der Waals surface area (Å²) in [6.45, 7) is 0.151. The van der Waals surface area contributed by atoms with E-state index in [2.05, 4.69) is 0 Å². The van der Waals surface area contributed by atoms with Gasteiger partial charge in [0.15, 0.2) is 6.29 Å². The fraction of sp³-hybridized carbons (Fsp3) is 0.200. The van der Waals surface area contributed by atoms with Crippen LogP contribution in [0.25, 0.3) is 0 Å². The maximum atomic E-state index is 10.6. The van der Waals surface area contributed by atoms with Gasteiger partial charge in [0.05, 0.1) is 18.6 Å². The number of carbonyl (C=O) groups is 2. The highest BCUT2D eigenvalue weighted by molar-refractivity contribution is 6.30. The smallest absolute Gasteiger partial charge is 0.220 e. The molecule has 0 unspecified atom stereocenters. The van der Waals surface area contributed by atoms with Crippen molar-refractivity contribution in [1.29, 1.82) is 0 Å². The highest BCUT2D eigenvalue weighted by atomic mass is 35.5. The van der Waals surface area contributed by atoms with Crippen molar-refractivity contribution in [2.45, 2.75) is 6.42 Å². The molecule has 1 rings (SSSR count). The topological polar surface area (TPSA) is 69.4 Å². The van der Waals surface area contributed by atoms with Gasteiger partial charge in [0.2, 0.25) is 5.91 Å². The van der Waals surface area contributed by atoms with Crippen molar-refractivity contribution in [2.24, 2.45) is 5.73 Å². The highest BCUT2D eigenvalue weighted by Crippen LogP contribution is 2.21. The van der Waals surface area contributed by atoms with Gasteiger partial charge in [-0.3, -0.25) is 9.59 Å². The summed E-state index contributed by atoms with van der Waals surface area (Å²) in [5.74, 6) is -0.0488. The van der Waals surface area contributed by atoms with Crippen molar-refractivity contribution in [2.75, 3.05) is 6.61 Å². The first-order valence-electron chi connectivity index (χ1n) is 4.29. The van der Waals surface area contributed by atoms with Gasteiger partial charge in [-0.05, 0) is 18.2 Å². The maximum absolute atomic E-state index is 10.6. The molecular weight excluding hydrogens is 218 g/mol. The zero-order chi connectivity index (χ0) is 11.3. The van der Waals surface area contributed by atoms with Crippen LogP contribution in [-0.4, -0.2) is 18.8 Å². The summed E-state index contributed by atoms with van der Waals surface area (Å²) in [5.41, 5.74) is 5.30. The first-order valence-corrected chi connectivity index (χ1v) is 4.67. The Kier molecular flexibility index (Phi) is 4.12. The molecule has 0 aliphatic rings. The zero-order valence-corrected chi connectivity index (χ0v) is 8.66. The van der Waals surface area contributed by atoms with E-state index in [1.54, 1.807) is 12.1 Å². The fourth-order valence-electron chi connectivity index (χ4n) is 1.00. The molecule has 0 saturated carbocycles. The molecule has 0 radical (unpaired) electrons. The second-order valence-corrected chi connectivity index (χ2v) is 3.30. The van der Waals surface area contributed by atoms with Crippen LogP contribution in [0.3, 0.4) is 0 Å². The Labute approximate surface area is 92.0 Å². The predicted octanol–water partition coefficient (Wildman–Crippen LogP) is 1.41. The molecule has 1 aromatic rings. The van der Waals surface area contributed by atoms with Gasteiger partial charge in [-0.2, -0.15) is 0 Å². The third-order valence-electron chi connectivity index (χ3n) is 1.70. The van der Waals surface area contributed by atoms with Gasteiger partial charge < -0.3 is 10.5 Å². The van der Waals surface area contributed by atoms with Gasteiger partial charge in [-0.15, -0.1) is 0 Å². The molecule has 0 bridgehead atoms. The van der Waals surface area contributed by atoms with Crippen molar-refractivity contribution in [1.82, 2.24) is 0 Å². The average molecular weight is 228 g/mol. The molecule has 0 saturated heterocycles. The number of carbonyl (C=O) groups excluding carboxylic acids is 2. The van der Waals surface area contributed by atoms with E-state index in [0.29, 0.717) is 22.6 Å². The monoisotopic (exact) mass is 227 g/mol. The quantitative estimate of drug-likeness (QED) is 0.774. The molecule has 80 valence electrons. The Morgan fingerprint density at radius 3 is 2.87 bits per heavy atom. The van der Waals surface area contributed by atoms with Crippen molar-refractivity contribution >= 4 is 23.8 Å². The minimum Gasteiger partial charge on any atom is -0.492 e. The number of aldehydes is 1. The van der Waals surface area contributed by atoms with E-state index in [-0.39, 0.29) is 13.0 Å². The normalized spacial score (nSPS) is 9.67. The van der Waals surface area contributed by atoms with Crippen LogP contribution in [0.15, 0.2) is 18.2 Å². The summed E-state index contributed by atoms with van der Waals surface area (Å²) < 4.78 is 5.20. The molecule has 0 heterocycles. The van der Waals surface area contributed by atoms with Crippen LogP contribution in [0, 0.1) is 0 Å². The maximum Gasteiger partial charge on any atom is 0.220 e. The summed E-state index contributed by atoms with van der Waals surface area (Å²) in [7, 11) is 0. The number of rotatable bonds is 5. The van der Waals surface area contributed by atoms with E-state index < -0.39 is 5.91 Å². The molecule has 0 atom stereocenters. The molecule has 0 spiro atoms. The molecule has 5 heteroatoms. The van der Waals surface area contributed by atoms with Gasteiger partial charge in [0.25, 0.3) is 0 Å². The first kappa shape index (κ1) is 11.5. The second-order valence-electron chi connectivity index (χ2n) is 2.86. The largest absolute Gasteiger partial charge is 0.492 e. The Bertz CT molecular complexity index is 379. The Hall–Kier alpha value is -1.55. The summed E-state index contributed by atoms with van der Waals surface area (Å²) in [6, 6.07) is 4.68. The van der Waals surface area contributed by atoms with Gasteiger partial charge in [0, 0.05) is 5.02 Å². The minimum absolute atomic E-state index is 0.112. The standard InChI is InChI=1S/C10H10ClNO3/c11-8-1-2-9(7(5-8)6-13)15-4-3-10(12)14/h1-2,5-6H,3-4H2,(H2,12,14). The van der Waals surface area contributed by atoms with E-state index in [1.165, 1.54) is 6.07 Å². The van der Waals surface area contributed by atoms with Gasteiger partial charge in [-0.1, -0.05) is 11.6 Å². The molecule has 1 aromatic carbocycles. The third kappa shape index (κ3) is 3.59. The summed E-state index contributed by atoms with van der Waals surface area (Å²) in [6.07, 6.45) is 0.756. The van der Waals surface area contributed by atoms with Crippen LogP contribution in [0.2, 0.25) is 5.02 Å². The summed E-state index contributed by atoms with van der Waals surface area (Å²) in [4.78, 5) is 21.1. The van der Waals surface area contributed by atoms with Crippen LogP contribution in [0.5, 0.6) is 5.75 Å². The average Bonchev–Trinajstić information content (AvgIpc) is 2.19. The number of hydrogen-bond donors (Lipinski definition) is 1. The molecule has 0 aromatic heterocycles. The number of amides is 1. The SMILES string of the molecule is NC(=O)CCOc1ccc(Cl)cc1C=O. The zero-order valence-electron chi connectivity index (χ0n) is 7.90. The van der Waals surface area contributed by atoms with Gasteiger partial charge in [-0.25, -0.2) is 0 Å². The highest BCUT2D eigenvalue weighted by Gasteiger charge is 2.04. The molecule has 4 nitrogen and oxygen atoms in total. The van der Waals surface area contributed by atoms with Crippen LogP contribution in [-0.2, 0) is 4.79 Å². The van der Waals surface area contributed by atoms with Crippen molar-refractivity contribution in [3.8, 4) is 5.75 Å². The third-order valence-corrected chi connectivity index (χ3v) is 1.94. The van der Waals surface area contributed by atoms with E-state index in [4.69, 9.17) is 22.1 Å². The molecule has 2 N–H and O–H groups in total. The molecule has 1 amide bonds. The van der Waals surface area contributed by atoms with Gasteiger partial charge in [0.1, 0.15) is 5.75 Å². The summed E-state index contributed by atoms with van der Waals surface area (Å²) >= 11 is 5.69. The molecule has 15 heavy (non-hydrogen) atoms. The van der Waals surface area contributed by atoms with Gasteiger partial charge >= 0.3 is 0 Å². The lowest BCUT2D eigenvalue weighted by atomic mass is 10.2. The Balaban J connectivity index is 2.67. The number of benzene rings is 1. The molecule has 0 fully saturated rings. The molecular formula is C10H10ClNO3. The van der Waals surface area contributed by atoms with E-state index >= 15 is 0 Å². The second kappa shape index (κ2) is 5.36. The lowest BCUT2D eigenvalue weighted by Crippen LogP contribution is -2.14. The number of hydrogen-bond acceptors (Lipinski definition) is 3. The summed E-state index contributed by atoms with van der Waals surface area (Å²) in [5, 5.41) is 0.458. The van der Waals surface area contributed by atoms with Crippen molar-refractivity contribution in [3.05, 3.63) is 28.8 Å². The fourth-order valence-corrected chi connectivity index (χ4v) is 1.18. The van der Waals surface area contributed by atoms with E-state index in [0.717, 1.165) is 0 Å². The van der Waals surface area contributed by atoms with Crippen LogP contribution in [0.4, 0.5) is 0 Å². The van der Waals surface area contributed by atoms with E-state index in [1.807, 2.05) is 0 Å². The molecule has 0 aliphatic heterocycles. The number of ether oxygens (including phenoxy) is 1. The van der Waals surface area contributed by atoms with E-state index in [9.17, 15) is 9.59 Å². The van der Waals surface area contributed by atoms with Crippen LogP contribution >= 0.6 is 11.6 Å². The van der Waals surface area contributed by atoms with Crippen LogP contribution < -0.4 is 10.5 Å². The number of primary amides is 1. The minimum atomic E-state index is -0.448. The Morgan fingerprint density at radius 1 is 1.53 bits per heavy atom. The van der Waals surface area contributed by atoms with Crippen molar-refractivity contribution < 1.29 is 14.3 Å². The number of halogens is 1. The van der Waals surface area contributed by atoms with Crippen LogP contribution in [0.1, 0.15) is 16.8 Å². The lowest BCUT2D eigenvalue weighted by Gasteiger charge is -2.07. The predicted molar refractivity (Wildman–Crippen MR) is 56.1 cm³/mol.